The lowest BCUT2D eigenvalue weighted by Gasteiger charge is -2.20. The van der Waals surface area contributed by atoms with Gasteiger partial charge in [-0.2, -0.15) is 5.26 Å². The van der Waals surface area contributed by atoms with E-state index in [1.807, 2.05) is 13.8 Å². The van der Waals surface area contributed by atoms with Gasteiger partial charge in [0.1, 0.15) is 5.75 Å². The number of methoxy groups -OCH3 is 1. The second-order valence-electron chi connectivity index (χ2n) is 5.51. The van der Waals surface area contributed by atoms with Crippen LogP contribution in [0, 0.1) is 32.1 Å². The number of rotatable bonds is 5. The Hall–Kier alpha value is -1.57. The lowest BCUT2D eigenvalue weighted by atomic mass is 9.86. The van der Waals surface area contributed by atoms with Crippen LogP contribution in [0.25, 0.3) is 0 Å². The third-order valence-electron chi connectivity index (χ3n) is 4.05. The molecular weight excluding hydrogens is 266 g/mol. The van der Waals surface area contributed by atoms with Crippen molar-refractivity contribution < 1.29 is 14.2 Å². The Kier molecular flexibility index (Phi) is 5.22. The SMILES string of the molecule is COc1c(C)cc(C)c(C(C#N)CCC2OCCO2)c1C. The third-order valence-corrected chi connectivity index (χ3v) is 4.05. The molecular formula is C17H23NO3. The van der Waals surface area contributed by atoms with E-state index in [2.05, 4.69) is 19.1 Å². The quantitative estimate of drug-likeness (QED) is 0.834. The molecule has 0 amide bonds. The normalized spacial score (nSPS) is 16.7. The van der Waals surface area contributed by atoms with Gasteiger partial charge < -0.3 is 14.2 Å². The van der Waals surface area contributed by atoms with Gasteiger partial charge in [-0.3, -0.25) is 0 Å². The van der Waals surface area contributed by atoms with E-state index in [9.17, 15) is 5.26 Å². The zero-order valence-corrected chi connectivity index (χ0v) is 13.2. The van der Waals surface area contributed by atoms with Crippen LogP contribution in [0.1, 0.15) is 41.0 Å². The maximum Gasteiger partial charge on any atom is 0.157 e. The highest BCUT2D eigenvalue weighted by atomic mass is 16.7. The van der Waals surface area contributed by atoms with E-state index in [0.29, 0.717) is 13.2 Å². The molecule has 114 valence electrons. The van der Waals surface area contributed by atoms with Gasteiger partial charge in [0.05, 0.1) is 32.3 Å². The number of aryl methyl sites for hydroxylation is 2. The molecule has 1 fully saturated rings. The second-order valence-corrected chi connectivity index (χ2v) is 5.51. The van der Waals surface area contributed by atoms with Crippen LogP contribution in [0.2, 0.25) is 0 Å². The average Bonchev–Trinajstić information content (AvgIpc) is 2.95. The van der Waals surface area contributed by atoms with Crippen molar-refractivity contribution >= 4 is 0 Å². The molecule has 1 atom stereocenters. The summed E-state index contributed by atoms with van der Waals surface area (Å²) in [6, 6.07) is 4.52. The monoisotopic (exact) mass is 289 g/mol. The minimum absolute atomic E-state index is 0.159. The molecule has 0 N–H and O–H groups in total. The van der Waals surface area contributed by atoms with E-state index in [-0.39, 0.29) is 12.2 Å². The molecule has 4 heteroatoms. The van der Waals surface area contributed by atoms with Gasteiger partial charge in [0.2, 0.25) is 0 Å². The standard InChI is InChI=1S/C17H23NO3/c1-11-9-12(2)17(19-4)13(3)16(11)14(10-18)5-6-15-20-7-8-21-15/h9,14-15H,5-8H2,1-4H3. The molecule has 0 bridgehead atoms. The Bertz CT molecular complexity index is 542. The van der Waals surface area contributed by atoms with Crippen molar-refractivity contribution in [2.75, 3.05) is 20.3 Å². The summed E-state index contributed by atoms with van der Waals surface area (Å²) < 4.78 is 16.4. The molecule has 0 aromatic heterocycles. The minimum atomic E-state index is -0.160. The summed E-state index contributed by atoms with van der Waals surface area (Å²) in [7, 11) is 1.68. The zero-order chi connectivity index (χ0) is 15.4. The molecule has 1 saturated heterocycles. The van der Waals surface area contributed by atoms with Crippen LogP contribution in [-0.4, -0.2) is 26.6 Å². The molecule has 1 aromatic carbocycles. The van der Waals surface area contributed by atoms with Gasteiger partial charge in [-0.05, 0) is 55.9 Å². The number of hydrogen-bond acceptors (Lipinski definition) is 4. The fraction of sp³-hybridized carbons (Fsp3) is 0.588. The molecule has 0 saturated carbocycles. The molecule has 4 nitrogen and oxygen atoms in total. The van der Waals surface area contributed by atoms with Crippen molar-refractivity contribution in [2.24, 2.45) is 0 Å². The summed E-state index contributed by atoms with van der Waals surface area (Å²) >= 11 is 0. The number of nitrogens with zero attached hydrogens (tertiary/aromatic N) is 1. The predicted molar refractivity (Wildman–Crippen MR) is 80.5 cm³/mol. The van der Waals surface area contributed by atoms with Crippen molar-refractivity contribution in [1.29, 1.82) is 5.26 Å². The van der Waals surface area contributed by atoms with Crippen LogP contribution in [0.4, 0.5) is 0 Å². The molecule has 0 aliphatic carbocycles. The van der Waals surface area contributed by atoms with Crippen LogP contribution in [0.5, 0.6) is 5.75 Å². The molecule has 0 spiro atoms. The van der Waals surface area contributed by atoms with Crippen molar-refractivity contribution in [2.45, 2.75) is 45.8 Å². The summed E-state index contributed by atoms with van der Waals surface area (Å²) in [5.74, 6) is 0.719. The molecule has 2 rings (SSSR count). The highest BCUT2D eigenvalue weighted by Crippen LogP contribution is 2.35. The first-order valence-electron chi connectivity index (χ1n) is 7.36. The van der Waals surface area contributed by atoms with E-state index in [0.717, 1.165) is 40.8 Å². The second kappa shape index (κ2) is 6.93. The van der Waals surface area contributed by atoms with Gasteiger partial charge in [-0.25, -0.2) is 0 Å². The first-order valence-corrected chi connectivity index (χ1v) is 7.36. The molecule has 1 aliphatic heterocycles. The maximum atomic E-state index is 9.56. The smallest absolute Gasteiger partial charge is 0.157 e. The predicted octanol–water partition coefficient (Wildman–Crippen LogP) is 3.38. The lowest BCUT2D eigenvalue weighted by molar-refractivity contribution is -0.0481. The average molecular weight is 289 g/mol. The lowest BCUT2D eigenvalue weighted by Crippen LogP contribution is -2.11. The first kappa shape index (κ1) is 15.8. The van der Waals surface area contributed by atoms with Crippen molar-refractivity contribution in [3.8, 4) is 11.8 Å². The summed E-state index contributed by atoms with van der Waals surface area (Å²) in [5.41, 5.74) is 4.40. The molecule has 1 aromatic rings. The fourth-order valence-electron chi connectivity index (χ4n) is 3.18. The van der Waals surface area contributed by atoms with Crippen molar-refractivity contribution in [3.05, 3.63) is 28.3 Å². The zero-order valence-electron chi connectivity index (χ0n) is 13.2. The van der Waals surface area contributed by atoms with Crippen LogP contribution >= 0.6 is 0 Å². The number of hydrogen-bond donors (Lipinski definition) is 0. The Morgan fingerprint density at radius 1 is 1.29 bits per heavy atom. The number of ether oxygens (including phenoxy) is 3. The Labute approximate surface area is 126 Å². The highest BCUT2D eigenvalue weighted by molar-refractivity contribution is 5.51. The Balaban J connectivity index is 2.23. The Morgan fingerprint density at radius 2 is 1.95 bits per heavy atom. The molecule has 1 heterocycles. The topological polar surface area (TPSA) is 51.5 Å². The number of nitriles is 1. The summed E-state index contributed by atoms with van der Waals surface area (Å²) in [6.07, 6.45) is 1.32. The van der Waals surface area contributed by atoms with Gasteiger partial charge in [-0.15, -0.1) is 0 Å². The van der Waals surface area contributed by atoms with Gasteiger partial charge in [0.15, 0.2) is 6.29 Å². The van der Waals surface area contributed by atoms with Gasteiger partial charge in [0, 0.05) is 0 Å². The van der Waals surface area contributed by atoms with E-state index in [1.165, 1.54) is 0 Å². The molecule has 21 heavy (non-hydrogen) atoms. The minimum Gasteiger partial charge on any atom is -0.496 e. The summed E-state index contributed by atoms with van der Waals surface area (Å²) in [4.78, 5) is 0. The summed E-state index contributed by atoms with van der Waals surface area (Å²) in [6.45, 7) is 7.42. The number of benzene rings is 1. The molecule has 0 radical (unpaired) electrons. The van der Waals surface area contributed by atoms with E-state index in [4.69, 9.17) is 14.2 Å². The maximum absolute atomic E-state index is 9.56. The van der Waals surface area contributed by atoms with E-state index >= 15 is 0 Å². The molecule has 1 unspecified atom stereocenters. The van der Waals surface area contributed by atoms with Gasteiger partial charge >= 0.3 is 0 Å². The fourth-order valence-corrected chi connectivity index (χ4v) is 3.18. The van der Waals surface area contributed by atoms with Gasteiger partial charge in [0.25, 0.3) is 0 Å². The first-order chi connectivity index (χ1) is 10.1. The Morgan fingerprint density at radius 3 is 2.52 bits per heavy atom. The van der Waals surface area contributed by atoms with Crippen LogP contribution in [0.3, 0.4) is 0 Å². The van der Waals surface area contributed by atoms with Crippen LogP contribution < -0.4 is 4.74 Å². The van der Waals surface area contributed by atoms with Crippen LogP contribution in [-0.2, 0) is 9.47 Å². The third kappa shape index (κ3) is 3.37. The highest BCUT2D eigenvalue weighted by Gasteiger charge is 2.23. The van der Waals surface area contributed by atoms with Crippen molar-refractivity contribution in [3.63, 3.8) is 0 Å². The van der Waals surface area contributed by atoms with E-state index in [1.54, 1.807) is 7.11 Å². The van der Waals surface area contributed by atoms with Gasteiger partial charge in [-0.1, -0.05) is 6.07 Å². The van der Waals surface area contributed by atoms with E-state index < -0.39 is 0 Å². The van der Waals surface area contributed by atoms with Crippen LogP contribution in [0.15, 0.2) is 6.07 Å². The largest absolute Gasteiger partial charge is 0.496 e. The molecule has 1 aliphatic rings. The van der Waals surface area contributed by atoms with Crippen molar-refractivity contribution in [1.82, 2.24) is 0 Å². The summed E-state index contributed by atoms with van der Waals surface area (Å²) in [5, 5.41) is 9.56.